The molecule has 0 unspecified atom stereocenters. The normalized spacial score (nSPS) is 11.2. The van der Waals surface area contributed by atoms with Gasteiger partial charge in [-0.3, -0.25) is 14.4 Å². The number of carbonyl (C=O) groups excluding carboxylic acids is 3. The van der Waals surface area contributed by atoms with Crippen LogP contribution in [0.5, 0.6) is 0 Å². The molecule has 24 heavy (non-hydrogen) atoms. The molecule has 0 heterocycles. The predicted octanol–water partition coefficient (Wildman–Crippen LogP) is 1.90. The van der Waals surface area contributed by atoms with Crippen LogP contribution in [0, 0.1) is 6.92 Å². The van der Waals surface area contributed by atoms with Crippen LogP contribution in [0.4, 0.5) is 5.69 Å². The molecule has 0 fully saturated rings. The fourth-order valence-corrected chi connectivity index (χ4v) is 2.26. The Morgan fingerprint density at radius 2 is 1.92 bits per heavy atom. The lowest BCUT2D eigenvalue weighted by Gasteiger charge is -2.12. The number of aryl methyl sites for hydroxylation is 1. The average molecular weight is 350 g/mol. The Hall–Kier alpha value is -2.28. The Labute approximate surface area is 146 Å². The van der Waals surface area contributed by atoms with E-state index >= 15 is 0 Å². The first kappa shape index (κ1) is 19.8. The number of amides is 2. The zero-order valence-electron chi connectivity index (χ0n) is 13.8. The maximum atomic E-state index is 11.8. The third-order valence-electron chi connectivity index (χ3n) is 2.89. The predicted molar refractivity (Wildman–Crippen MR) is 95.9 cm³/mol. The third kappa shape index (κ3) is 7.82. The number of nitrogens with one attached hydrogen (secondary N) is 2. The maximum Gasteiger partial charge on any atom is 0.316 e. The van der Waals surface area contributed by atoms with Crippen molar-refractivity contribution in [2.24, 2.45) is 0 Å². The highest BCUT2D eigenvalue weighted by atomic mass is 32.2. The van der Waals surface area contributed by atoms with Gasteiger partial charge in [-0.05, 0) is 26.0 Å². The largest absolute Gasteiger partial charge is 0.452 e. The first-order valence-corrected chi connectivity index (χ1v) is 8.60. The van der Waals surface area contributed by atoms with E-state index in [4.69, 9.17) is 4.74 Å². The highest BCUT2D eigenvalue weighted by Crippen LogP contribution is 2.10. The summed E-state index contributed by atoms with van der Waals surface area (Å²) in [6, 6.07) is 7.43. The van der Waals surface area contributed by atoms with Crippen molar-refractivity contribution < 1.29 is 19.1 Å². The monoisotopic (exact) mass is 350 g/mol. The van der Waals surface area contributed by atoms with Crippen LogP contribution in [0.2, 0.25) is 0 Å². The number of rotatable bonds is 9. The summed E-state index contributed by atoms with van der Waals surface area (Å²) in [4.78, 5) is 34.9. The Morgan fingerprint density at radius 1 is 1.25 bits per heavy atom. The number of esters is 1. The first-order chi connectivity index (χ1) is 11.4. The van der Waals surface area contributed by atoms with Crippen LogP contribution in [0.3, 0.4) is 0 Å². The molecule has 0 radical (unpaired) electrons. The molecule has 1 aromatic rings. The molecule has 0 spiro atoms. The summed E-state index contributed by atoms with van der Waals surface area (Å²) in [7, 11) is 0. The quantitative estimate of drug-likeness (QED) is 0.525. The lowest BCUT2D eigenvalue weighted by molar-refractivity contribution is -0.152. The summed E-state index contributed by atoms with van der Waals surface area (Å²) in [6.07, 6.45) is 0.661. The number of carbonyl (C=O) groups is 3. The molecule has 0 aliphatic heterocycles. The number of ether oxygens (including phenoxy) is 1. The second-order valence-electron chi connectivity index (χ2n) is 5.07. The molecule has 0 bridgehead atoms. The highest BCUT2D eigenvalue weighted by molar-refractivity contribution is 8.00. The van der Waals surface area contributed by atoms with E-state index in [0.717, 1.165) is 17.3 Å². The van der Waals surface area contributed by atoms with Crippen molar-refractivity contribution in [1.82, 2.24) is 5.32 Å². The first-order valence-electron chi connectivity index (χ1n) is 7.44. The van der Waals surface area contributed by atoms with E-state index in [1.54, 1.807) is 0 Å². The number of hydrogen-bond acceptors (Lipinski definition) is 5. The second kappa shape index (κ2) is 10.5. The van der Waals surface area contributed by atoms with E-state index in [9.17, 15) is 14.4 Å². The van der Waals surface area contributed by atoms with Crippen molar-refractivity contribution in [1.29, 1.82) is 0 Å². The third-order valence-corrected chi connectivity index (χ3v) is 3.79. The van der Waals surface area contributed by atoms with E-state index in [-0.39, 0.29) is 23.3 Å². The fourth-order valence-electron chi connectivity index (χ4n) is 1.66. The lowest BCUT2D eigenvalue weighted by Crippen LogP contribution is -2.36. The van der Waals surface area contributed by atoms with Crippen molar-refractivity contribution in [3.8, 4) is 0 Å². The molecule has 7 heteroatoms. The molecule has 130 valence electrons. The van der Waals surface area contributed by atoms with Crippen LogP contribution < -0.4 is 10.6 Å². The Bertz CT molecular complexity index is 587. The molecule has 1 aromatic carbocycles. The van der Waals surface area contributed by atoms with Crippen LogP contribution in [0.25, 0.3) is 0 Å². The van der Waals surface area contributed by atoms with E-state index in [2.05, 4.69) is 17.2 Å². The average Bonchev–Trinajstić information content (AvgIpc) is 2.54. The van der Waals surface area contributed by atoms with Gasteiger partial charge in [0.15, 0.2) is 6.10 Å². The van der Waals surface area contributed by atoms with Crippen molar-refractivity contribution in [3.63, 3.8) is 0 Å². The van der Waals surface area contributed by atoms with Gasteiger partial charge in [0.05, 0.1) is 11.5 Å². The van der Waals surface area contributed by atoms with Gasteiger partial charge in [-0.2, -0.15) is 0 Å². The number of anilines is 1. The molecule has 0 aliphatic carbocycles. The van der Waals surface area contributed by atoms with E-state index in [0.29, 0.717) is 12.2 Å². The van der Waals surface area contributed by atoms with E-state index < -0.39 is 12.1 Å². The van der Waals surface area contributed by atoms with Gasteiger partial charge in [0.25, 0.3) is 5.91 Å². The van der Waals surface area contributed by atoms with Crippen LogP contribution >= 0.6 is 11.8 Å². The van der Waals surface area contributed by atoms with Crippen molar-refractivity contribution >= 4 is 35.2 Å². The molecule has 0 saturated carbocycles. The SMILES string of the molecule is C=CCNC(=O)[C@H](C)OC(=O)CSCC(=O)Nc1ccc(C)cc1. The summed E-state index contributed by atoms with van der Waals surface area (Å²) in [5, 5.41) is 5.28. The molecule has 2 N–H and O–H groups in total. The molecule has 1 rings (SSSR count). The van der Waals surface area contributed by atoms with Crippen molar-refractivity contribution in [2.75, 3.05) is 23.4 Å². The minimum atomic E-state index is -0.876. The molecular weight excluding hydrogens is 328 g/mol. The van der Waals surface area contributed by atoms with Gasteiger partial charge < -0.3 is 15.4 Å². The Balaban J connectivity index is 2.24. The summed E-state index contributed by atoms with van der Waals surface area (Å²) in [6.45, 7) is 7.25. The molecule has 6 nitrogen and oxygen atoms in total. The van der Waals surface area contributed by atoms with Gasteiger partial charge in [0, 0.05) is 12.2 Å². The molecule has 2 amide bonds. The van der Waals surface area contributed by atoms with Gasteiger partial charge in [0.2, 0.25) is 5.91 Å². The zero-order valence-corrected chi connectivity index (χ0v) is 14.7. The van der Waals surface area contributed by atoms with Gasteiger partial charge in [0.1, 0.15) is 0 Å². The second-order valence-corrected chi connectivity index (χ2v) is 6.06. The highest BCUT2D eigenvalue weighted by Gasteiger charge is 2.17. The van der Waals surface area contributed by atoms with Gasteiger partial charge in [-0.25, -0.2) is 0 Å². The number of benzene rings is 1. The minimum absolute atomic E-state index is 0.000393. The zero-order chi connectivity index (χ0) is 17.9. The van der Waals surface area contributed by atoms with Crippen LogP contribution in [-0.2, 0) is 19.1 Å². The maximum absolute atomic E-state index is 11.8. The van der Waals surface area contributed by atoms with Crippen LogP contribution in [0.15, 0.2) is 36.9 Å². The molecule has 0 saturated heterocycles. The topological polar surface area (TPSA) is 84.5 Å². The van der Waals surface area contributed by atoms with Gasteiger partial charge in [-0.15, -0.1) is 18.3 Å². The summed E-state index contributed by atoms with van der Waals surface area (Å²) >= 11 is 1.13. The molecular formula is C17H22N2O4S. The van der Waals surface area contributed by atoms with Crippen molar-refractivity contribution in [3.05, 3.63) is 42.5 Å². The number of hydrogen-bond donors (Lipinski definition) is 2. The minimum Gasteiger partial charge on any atom is -0.452 e. The summed E-state index contributed by atoms with van der Waals surface area (Å²) < 4.78 is 4.98. The van der Waals surface area contributed by atoms with Gasteiger partial charge in [-0.1, -0.05) is 23.8 Å². The smallest absolute Gasteiger partial charge is 0.316 e. The van der Waals surface area contributed by atoms with E-state index in [1.807, 2.05) is 31.2 Å². The molecule has 1 atom stereocenters. The van der Waals surface area contributed by atoms with Gasteiger partial charge >= 0.3 is 5.97 Å². The summed E-state index contributed by atoms with van der Waals surface area (Å²) in [5.41, 5.74) is 1.82. The number of thioether (sulfide) groups is 1. The van der Waals surface area contributed by atoms with E-state index in [1.165, 1.54) is 13.0 Å². The van der Waals surface area contributed by atoms with Crippen LogP contribution in [-0.4, -0.2) is 41.9 Å². The standard InChI is InChI=1S/C17H22N2O4S/c1-4-9-18-17(22)13(3)23-16(21)11-24-10-15(20)19-14-7-5-12(2)6-8-14/h4-8,13H,1,9-11H2,2-3H3,(H,18,22)(H,19,20)/t13-/m0/s1. The summed E-state index contributed by atoms with van der Waals surface area (Å²) in [5.74, 6) is -0.997. The van der Waals surface area contributed by atoms with Crippen LogP contribution in [0.1, 0.15) is 12.5 Å². The fraction of sp³-hybridized carbons (Fsp3) is 0.353. The molecule has 0 aliphatic rings. The molecule has 0 aromatic heterocycles. The lowest BCUT2D eigenvalue weighted by atomic mass is 10.2. The Kier molecular flexibility index (Phi) is 8.64. The van der Waals surface area contributed by atoms with Crippen molar-refractivity contribution in [2.45, 2.75) is 20.0 Å². The Morgan fingerprint density at radius 3 is 2.54 bits per heavy atom.